The largest absolute Gasteiger partial charge is 0.371 e. The van der Waals surface area contributed by atoms with Gasteiger partial charge in [-0.3, -0.25) is 0 Å². The molecule has 2 unspecified atom stereocenters. The molecule has 1 aromatic rings. The van der Waals surface area contributed by atoms with Crippen LogP contribution in [0.25, 0.3) is 0 Å². The van der Waals surface area contributed by atoms with Crippen molar-refractivity contribution in [2.24, 2.45) is 5.92 Å². The van der Waals surface area contributed by atoms with Crippen molar-refractivity contribution in [3.63, 3.8) is 0 Å². The molecule has 2 heterocycles. The summed E-state index contributed by atoms with van der Waals surface area (Å²) in [6.45, 7) is 7.66. The van der Waals surface area contributed by atoms with E-state index in [0.717, 1.165) is 50.3 Å². The number of rotatable bonds is 5. The number of fused-ring (bicyclic) bond motifs is 2. The summed E-state index contributed by atoms with van der Waals surface area (Å²) in [6, 6.07) is 5.62. The van der Waals surface area contributed by atoms with Crippen LogP contribution >= 0.6 is 0 Å². The van der Waals surface area contributed by atoms with Gasteiger partial charge in [0.2, 0.25) is 0 Å². The zero-order valence-electron chi connectivity index (χ0n) is 12.9. The predicted molar refractivity (Wildman–Crippen MR) is 83.1 cm³/mol. The first-order valence-electron chi connectivity index (χ1n) is 8.01. The van der Waals surface area contributed by atoms with Crippen LogP contribution in [0.4, 0.5) is 10.1 Å². The molecule has 2 aliphatic rings. The Balaban J connectivity index is 1.64. The molecule has 3 rings (SSSR count). The maximum Gasteiger partial charge on any atom is 0.146 e. The topological polar surface area (TPSA) is 24.5 Å². The molecule has 116 valence electrons. The van der Waals surface area contributed by atoms with Gasteiger partial charge in [0.05, 0.1) is 17.9 Å². The molecule has 1 aromatic carbocycles. The molecule has 21 heavy (non-hydrogen) atoms. The van der Waals surface area contributed by atoms with E-state index in [2.05, 4.69) is 24.1 Å². The molecule has 3 nitrogen and oxygen atoms in total. The maximum absolute atomic E-state index is 14.4. The van der Waals surface area contributed by atoms with Gasteiger partial charge in [0.25, 0.3) is 0 Å². The second-order valence-corrected chi connectivity index (χ2v) is 6.67. The number of morpholine rings is 1. The van der Waals surface area contributed by atoms with E-state index in [9.17, 15) is 4.39 Å². The van der Waals surface area contributed by atoms with Crippen LogP contribution in [0.1, 0.15) is 32.3 Å². The maximum atomic E-state index is 14.4. The molecule has 2 atom stereocenters. The van der Waals surface area contributed by atoms with E-state index < -0.39 is 0 Å². The smallest absolute Gasteiger partial charge is 0.146 e. The number of nitrogens with one attached hydrogen (secondary N) is 1. The molecule has 1 N–H and O–H groups in total. The number of halogens is 1. The number of ether oxygens (including phenoxy) is 1. The molecule has 0 amide bonds. The molecule has 0 aromatic heterocycles. The number of nitrogens with zero attached hydrogens (tertiary/aromatic N) is 1. The van der Waals surface area contributed by atoms with E-state index in [-0.39, 0.29) is 18.0 Å². The quantitative estimate of drug-likeness (QED) is 0.903. The standard InChI is InChI=1S/C17H25FN2O/c1-12(2)8-19-9-13-3-6-17(16(18)7-13)20-10-14-4-5-15(11-20)21-14/h3,6-7,12,14-15,19H,4-5,8-11H2,1-2H3. The third-order valence-electron chi connectivity index (χ3n) is 4.28. The number of anilines is 1. The summed E-state index contributed by atoms with van der Waals surface area (Å²) in [5, 5.41) is 3.35. The third-order valence-corrected chi connectivity index (χ3v) is 4.28. The van der Waals surface area contributed by atoms with Crippen molar-refractivity contribution in [3.05, 3.63) is 29.6 Å². The summed E-state index contributed by atoms with van der Waals surface area (Å²) < 4.78 is 20.2. The second-order valence-electron chi connectivity index (χ2n) is 6.67. The molecule has 2 fully saturated rings. The zero-order chi connectivity index (χ0) is 14.8. The lowest BCUT2D eigenvalue weighted by atomic mass is 10.1. The summed E-state index contributed by atoms with van der Waals surface area (Å²) in [6.07, 6.45) is 2.80. The van der Waals surface area contributed by atoms with Crippen LogP contribution in [0.15, 0.2) is 18.2 Å². The van der Waals surface area contributed by atoms with Gasteiger partial charge in [-0.2, -0.15) is 0 Å². The highest BCUT2D eigenvalue weighted by molar-refractivity contribution is 5.50. The SMILES string of the molecule is CC(C)CNCc1ccc(N2CC3CCC(C2)O3)c(F)c1. The summed E-state index contributed by atoms with van der Waals surface area (Å²) in [4.78, 5) is 2.15. The highest BCUT2D eigenvalue weighted by atomic mass is 19.1. The van der Waals surface area contributed by atoms with Gasteiger partial charge >= 0.3 is 0 Å². The van der Waals surface area contributed by atoms with Crippen molar-refractivity contribution < 1.29 is 9.13 Å². The first-order chi connectivity index (χ1) is 10.1. The van der Waals surface area contributed by atoms with E-state index in [4.69, 9.17) is 4.74 Å². The molecule has 0 spiro atoms. The van der Waals surface area contributed by atoms with Gasteiger partial charge in [0, 0.05) is 19.6 Å². The number of hydrogen-bond donors (Lipinski definition) is 1. The van der Waals surface area contributed by atoms with Crippen LogP contribution in [-0.2, 0) is 11.3 Å². The van der Waals surface area contributed by atoms with Crippen LogP contribution < -0.4 is 10.2 Å². The lowest BCUT2D eigenvalue weighted by Crippen LogP contribution is -2.43. The number of hydrogen-bond acceptors (Lipinski definition) is 3. The summed E-state index contributed by atoms with van der Waals surface area (Å²) in [7, 11) is 0. The molecule has 2 aliphatic heterocycles. The summed E-state index contributed by atoms with van der Waals surface area (Å²) in [5.41, 5.74) is 1.73. The molecule has 2 saturated heterocycles. The van der Waals surface area contributed by atoms with E-state index >= 15 is 0 Å². The van der Waals surface area contributed by atoms with Gasteiger partial charge in [-0.1, -0.05) is 19.9 Å². The average molecular weight is 292 g/mol. The molecular formula is C17H25FN2O. The van der Waals surface area contributed by atoms with Gasteiger partial charge in [-0.05, 0) is 43.0 Å². The van der Waals surface area contributed by atoms with Crippen molar-refractivity contribution in [3.8, 4) is 0 Å². The molecule has 0 radical (unpaired) electrons. The van der Waals surface area contributed by atoms with E-state index in [1.54, 1.807) is 6.07 Å². The second kappa shape index (κ2) is 6.32. The number of benzene rings is 1. The highest BCUT2D eigenvalue weighted by Crippen LogP contribution is 2.31. The monoisotopic (exact) mass is 292 g/mol. The third kappa shape index (κ3) is 3.55. The van der Waals surface area contributed by atoms with Crippen LogP contribution in [0.2, 0.25) is 0 Å². The molecule has 0 saturated carbocycles. The zero-order valence-corrected chi connectivity index (χ0v) is 12.9. The van der Waals surface area contributed by atoms with Gasteiger partial charge in [-0.25, -0.2) is 4.39 Å². The lowest BCUT2D eigenvalue weighted by Gasteiger charge is -2.34. The molecule has 2 bridgehead atoms. The average Bonchev–Trinajstić information content (AvgIpc) is 2.77. The van der Waals surface area contributed by atoms with Gasteiger partial charge in [-0.15, -0.1) is 0 Å². The van der Waals surface area contributed by atoms with Gasteiger partial charge < -0.3 is 15.0 Å². The Hall–Kier alpha value is -1.13. The Morgan fingerprint density at radius 3 is 2.62 bits per heavy atom. The Kier molecular flexibility index (Phi) is 4.45. The van der Waals surface area contributed by atoms with E-state index in [1.165, 1.54) is 0 Å². The van der Waals surface area contributed by atoms with Crippen LogP contribution in [-0.4, -0.2) is 31.8 Å². The molecular weight excluding hydrogens is 267 g/mol. The molecule has 4 heteroatoms. The fraction of sp³-hybridized carbons (Fsp3) is 0.647. The Bertz CT molecular complexity index is 480. The van der Waals surface area contributed by atoms with Crippen LogP contribution in [0.5, 0.6) is 0 Å². The minimum Gasteiger partial charge on any atom is -0.371 e. The van der Waals surface area contributed by atoms with Crippen LogP contribution in [0, 0.1) is 11.7 Å². The first kappa shape index (κ1) is 14.8. The van der Waals surface area contributed by atoms with E-state index in [1.807, 2.05) is 12.1 Å². The first-order valence-corrected chi connectivity index (χ1v) is 8.01. The Morgan fingerprint density at radius 2 is 2.00 bits per heavy atom. The van der Waals surface area contributed by atoms with Crippen LogP contribution in [0.3, 0.4) is 0 Å². The van der Waals surface area contributed by atoms with Crippen molar-refractivity contribution in [2.75, 3.05) is 24.5 Å². The summed E-state index contributed by atoms with van der Waals surface area (Å²) in [5.74, 6) is 0.498. The van der Waals surface area contributed by atoms with Crippen molar-refractivity contribution in [1.82, 2.24) is 5.32 Å². The fourth-order valence-corrected chi connectivity index (χ4v) is 3.23. The fourth-order valence-electron chi connectivity index (χ4n) is 3.23. The minimum absolute atomic E-state index is 0.111. The lowest BCUT2D eigenvalue weighted by molar-refractivity contribution is 0.0303. The highest BCUT2D eigenvalue weighted by Gasteiger charge is 2.34. The summed E-state index contributed by atoms with van der Waals surface area (Å²) >= 11 is 0. The predicted octanol–water partition coefficient (Wildman–Crippen LogP) is 2.94. The van der Waals surface area contributed by atoms with Crippen molar-refractivity contribution in [2.45, 2.75) is 45.4 Å². The normalized spacial score (nSPS) is 24.9. The van der Waals surface area contributed by atoms with E-state index in [0.29, 0.717) is 5.92 Å². The van der Waals surface area contributed by atoms with Gasteiger partial charge in [0.15, 0.2) is 0 Å². The molecule has 0 aliphatic carbocycles. The van der Waals surface area contributed by atoms with Crippen molar-refractivity contribution in [1.29, 1.82) is 0 Å². The van der Waals surface area contributed by atoms with Crippen molar-refractivity contribution >= 4 is 5.69 Å². The van der Waals surface area contributed by atoms with Gasteiger partial charge in [0.1, 0.15) is 5.82 Å². The Labute approximate surface area is 126 Å². The Morgan fingerprint density at radius 1 is 1.29 bits per heavy atom. The minimum atomic E-state index is -0.111.